The second-order valence-corrected chi connectivity index (χ2v) is 8.32. The SMILES string of the molecule is NS(=O)(=O)c1ccc(CCN[C@H]2CC(=O)N(c3ccc(OC(F)(F)F)cc3)C2=O)cc1. The topological polar surface area (TPSA) is 119 Å². The van der Waals surface area contributed by atoms with Crippen LogP contribution in [0.5, 0.6) is 5.75 Å². The number of alkyl halides is 3. The van der Waals surface area contributed by atoms with E-state index in [1.807, 2.05) is 0 Å². The number of carbonyl (C=O) groups excluding carboxylic acids is 2. The molecule has 166 valence electrons. The van der Waals surface area contributed by atoms with Gasteiger partial charge >= 0.3 is 6.36 Å². The average molecular weight is 457 g/mol. The predicted molar refractivity (Wildman–Crippen MR) is 104 cm³/mol. The molecule has 3 rings (SSSR count). The van der Waals surface area contributed by atoms with E-state index >= 15 is 0 Å². The van der Waals surface area contributed by atoms with Crippen LogP contribution < -0.4 is 20.1 Å². The van der Waals surface area contributed by atoms with E-state index < -0.39 is 40.0 Å². The van der Waals surface area contributed by atoms with Gasteiger partial charge in [-0.3, -0.25) is 9.59 Å². The third-order valence-electron chi connectivity index (χ3n) is 4.53. The fraction of sp³-hybridized carbons (Fsp3) is 0.263. The maximum atomic E-state index is 12.6. The molecule has 1 heterocycles. The Bertz CT molecular complexity index is 1070. The van der Waals surface area contributed by atoms with Crippen molar-refractivity contribution in [3.8, 4) is 5.75 Å². The van der Waals surface area contributed by atoms with Gasteiger partial charge in [-0.15, -0.1) is 13.2 Å². The first-order valence-electron chi connectivity index (χ1n) is 9.02. The van der Waals surface area contributed by atoms with Gasteiger partial charge in [0, 0.05) is 0 Å². The number of rotatable bonds is 7. The molecule has 0 radical (unpaired) electrons. The number of ether oxygens (including phenoxy) is 1. The summed E-state index contributed by atoms with van der Waals surface area (Å²) in [6, 6.07) is 9.62. The van der Waals surface area contributed by atoms with Crippen molar-refractivity contribution in [3.05, 3.63) is 54.1 Å². The van der Waals surface area contributed by atoms with Gasteiger partial charge in [0.25, 0.3) is 5.91 Å². The third kappa shape index (κ3) is 5.81. The van der Waals surface area contributed by atoms with Gasteiger partial charge < -0.3 is 10.1 Å². The molecular weight excluding hydrogens is 439 g/mol. The molecule has 0 saturated carbocycles. The second-order valence-electron chi connectivity index (χ2n) is 6.76. The summed E-state index contributed by atoms with van der Waals surface area (Å²) in [5.74, 6) is -1.46. The molecule has 1 aliphatic heterocycles. The average Bonchev–Trinajstić information content (AvgIpc) is 2.94. The van der Waals surface area contributed by atoms with Crippen molar-refractivity contribution < 1.29 is 35.9 Å². The molecule has 1 saturated heterocycles. The monoisotopic (exact) mass is 457 g/mol. The number of anilines is 1. The molecule has 31 heavy (non-hydrogen) atoms. The smallest absolute Gasteiger partial charge is 0.406 e. The highest BCUT2D eigenvalue weighted by Crippen LogP contribution is 2.28. The Kier molecular flexibility index (Phi) is 6.34. The third-order valence-corrected chi connectivity index (χ3v) is 5.46. The van der Waals surface area contributed by atoms with E-state index in [2.05, 4.69) is 10.1 Å². The first-order chi connectivity index (χ1) is 14.4. The van der Waals surface area contributed by atoms with Crippen molar-refractivity contribution >= 4 is 27.5 Å². The number of halogens is 3. The summed E-state index contributed by atoms with van der Waals surface area (Å²) < 4.78 is 63.0. The first-order valence-corrected chi connectivity index (χ1v) is 10.6. The van der Waals surface area contributed by atoms with E-state index in [1.165, 1.54) is 24.3 Å². The van der Waals surface area contributed by atoms with Crippen molar-refractivity contribution in [1.82, 2.24) is 5.32 Å². The summed E-state index contributed by atoms with van der Waals surface area (Å²) in [6.07, 6.45) is -4.47. The first kappa shape index (κ1) is 22.7. The van der Waals surface area contributed by atoms with Gasteiger partial charge in [-0.2, -0.15) is 0 Å². The zero-order chi connectivity index (χ0) is 22.8. The Morgan fingerprint density at radius 1 is 1.06 bits per heavy atom. The van der Waals surface area contributed by atoms with E-state index in [1.54, 1.807) is 12.1 Å². The number of hydrogen-bond donors (Lipinski definition) is 2. The van der Waals surface area contributed by atoms with Crippen LogP contribution in [0, 0.1) is 0 Å². The fourth-order valence-electron chi connectivity index (χ4n) is 3.10. The van der Waals surface area contributed by atoms with Gasteiger partial charge in [0.1, 0.15) is 5.75 Å². The quantitative estimate of drug-likeness (QED) is 0.611. The minimum Gasteiger partial charge on any atom is -0.406 e. The molecule has 0 bridgehead atoms. The molecule has 0 unspecified atom stereocenters. The van der Waals surface area contributed by atoms with Gasteiger partial charge in [0.15, 0.2) is 0 Å². The standard InChI is InChI=1S/C19H18F3N3O5S/c20-19(21,22)30-14-5-3-13(4-6-14)25-17(26)11-16(18(25)27)24-10-9-12-1-7-15(8-2-12)31(23,28)29/h1-8,16,24H,9-11H2,(H2,23,28,29)/t16-/m0/s1. The number of primary sulfonamides is 1. The molecular formula is C19H18F3N3O5S. The zero-order valence-corrected chi connectivity index (χ0v) is 16.7. The van der Waals surface area contributed by atoms with Crippen LogP contribution in [0.3, 0.4) is 0 Å². The number of benzene rings is 2. The Morgan fingerprint density at radius 2 is 1.68 bits per heavy atom. The molecule has 0 aromatic heterocycles. The highest BCUT2D eigenvalue weighted by molar-refractivity contribution is 7.89. The Labute approximate surface area is 175 Å². The fourth-order valence-corrected chi connectivity index (χ4v) is 3.61. The van der Waals surface area contributed by atoms with Crippen LogP contribution in [0.1, 0.15) is 12.0 Å². The minimum atomic E-state index is -4.84. The van der Waals surface area contributed by atoms with Crippen LogP contribution in [0.2, 0.25) is 0 Å². The van der Waals surface area contributed by atoms with Crippen molar-refractivity contribution in [2.75, 3.05) is 11.4 Å². The van der Waals surface area contributed by atoms with Gasteiger partial charge in [0.05, 0.1) is 23.0 Å². The molecule has 0 aliphatic carbocycles. The predicted octanol–water partition coefficient (Wildman–Crippen LogP) is 1.70. The van der Waals surface area contributed by atoms with E-state index in [0.29, 0.717) is 13.0 Å². The number of imide groups is 1. The molecule has 2 aromatic rings. The van der Waals surface area contributed by atoms with Crippen LogP contribution in [-0.2, 0) is 26.0 Å². The van der Waals surface area contributed by atoms with Crippen LogP contribution in [-0.4, -0.2) is 39.2 Å². The van der Waals surface area contributed by atoms with E-state index in [4.69, 9.17) is 5.14 Å². The molecule has 1 atom stereocenters. The maximum Gasteiger partial charge on any atom is 0.573 e. The largest absolute Gasteiger partial charge is 0.573 e. The number of nitrogens with two attached hydrogens (primary N) is 1. The van der Waals surface area contributed by atoms with Crippen molar-refractivity contribution in [2.45, 2.75) is 30.1 Å². The lowest BCUT2D eigenvalue weighted by atomic mass is 10.1. The number of nitrogens with one attached hydrogen (secondary N) is 1. The maximum absolute atomic E-state index is 12.6. The molecule has 2 amide bonds. The number of nitrogens with zero attached hydrogens (tertiary/aromatic N) is 1. The van der Waals surface area contributed by atoms with Gasteiger partial charge in [0.2, 0.25) is 15.9 Å². The Balaban J connectivity index is 1.58. The number of amides is 2. The van der Waals surface area contributed by atoms with Crippen molar-refractivity contribution in [2.24, 2.45) is 5.14 Å². The summed E-state index contributed by atoms with van der Waals surface area (Å²) in [6.45, 7) is 0.338. The Morgan fingerprint density at radius 3 is 2.23 bits per heavy atom. The summed E-state index contributed by atoms with van der Waals surface area (Å²) >= 11 is 0. The molecule has 1 aliphatic rings. The van der Waals surface area contributed by atoms with Crippen molar-refractivity contribution in [1.29, 1.82) is 0 Å². The molecule has 2 aromatic carbocycles. The molecule has 3 N–H and O–H groups in total. The highest BCUT2D eigenvalue weighted by atomic mass is 32.2. The summed E-state index contributed by atoms with van der Waals surface area (Å²) in [5.41, 5.74) is 0.946. The number of carbonyl (C=O) groups is 2. The minimum absolute atomic E-state index is 0.0110. The van der Waals surface area contributed by atoms with E-state index in [0.717, 1.165) is 22.6 Å². The lowest BCUT2D eigenvalue weighted by Gasteiger charge is -2.16. The normalized spacial score (nSPS) is 17.3. The van der Waals surface area contributed by atoms with Crippen LogP contribution in [0.15, 0.2) is 53.4 Å². The summed E-state index contributed by atoms with van der Waals surface area (Å²) in [4.78, 5) is 25.7. The van der Waals surface area contributed by atoms with E-state index in [9.17, 15) is 31.2 Å². The van der Waals surface area contributed by atoms with Gasteiger partial charge in [-0.25, -0.2) is 18.5 Å². The summed E-state index contributed by atoms with van der Waals surface area (Å²) in [5, 5.41) is 8.01. The van der Waals surface area contributed by atoms with Crippen LogP contribution in [0.4, 0.5) is 18.9 Å². The zero-order valence-electron chi connectivity index (χ0n) is 15.9. The number of sulfonamides is 1. The van der Waals surface area contributed by atoms with Gasteiger partial charge in [-0.1, -0.05) is 12.1 Å². The molecule has 12 heteroatoms. The lowest BCUT2D eigenvalue weighted by molar-refractivity contribution is -0.274. The number of hydrogen-bond acceptors (Lipinski definition) is 6. The molecule has 0 spiro atoms. The van der Waals surface area contributed by atoms with Crippen molar-refractivity contribution in [3.63, 3.8) is 0 Å². The lowest BCUT2D eigenvalue weighted by Crippen LogP contribution is -2.39. The second kappa shape index (κ2) is 8.65. The molecule has 8 nitrogen and oxygen atoms in total. The van der Waals surface area contributed by atoms with Crippen LogP contribution >= 0.6 is 0 Å². The van der Waals surface area contributed by atoms with Gasteiger partial charge in [-0.05, 0) is 54.9 Å². The summed E-state index contributed by atoms with van der Waals surface area (Å²) in [7, 11) is -3.78. The van der Waals surface area contributed by atoms with E-state index in [-0.39, 0.29) is 17.0 Å². The Hall–Kier alpha value is -2.96. The van der Waals surface area contributed by atoms with Crippen LogP contribution in [0.25, 0.3) is 0 Å². The molecule has 1 fully saturated rings. The highest BCUT2D eigenvalue weighted by Gasteiger charge is 2.39.